The fourth-order valence-corrected chi connectivity index (χ4v) is 0. The molecule has 0 spiro atoms. The standard InChI is InChI=1S/Li.2Mn.2Ni.4O/q+1;;3*+2;;;2*-1. The Bertz CT molecular complexity index is 99.7. The van der Waals surface area contributed by atoms with E-state index in [1.54, 1.807) is 0 Å². The first-order chi connectivity index (χ1) is 2.00. The molecule has 0 atom stereocenters. The Balaban J connectivity index is -0.0000000133. The topological polar surface area (TPSA) is 80.3 Å². The van der Waals surface area contributed by atoms with Crippen molar-refractivity contribution in [2.45, 2.75) is 0 Å². The molecule has 0 aliphatic carbocycles. The zero-order valence-corrected chi connectivity index (χ0v) is 8.36. The Kier molecular flexibility index (Phi) is 43.2. The summed E-state index contributed by atoms with van der Waals surface area (Å²) in [4.78, 5) is 0. The van der Waals surface area contributed by atoms with Gasteiger partial charge in [-0.25, -0.2) is 0 Å². The van der Waals surface area contributed by atoms with Crippen LogP contribution >= 0.6 is 0 Å². The summed E-state index contributed by atoms with van der Waals surface area (Å²) in [5.41, 5.74) is 0. The van der Waals surface area contributed by atoms with Crippen molar-refractivity contribution in [2.75, 3.05) is 0 Å². The van der Waals surface area contributed by atoms with Crippen molar-refractivity contribution in [1.82, 2.24) is 0 Å². The molecule has 0 aliphatic rings. The molecule has 9 heavy (non-hydrogen) atoms. The van der Waals surface area contributed by atoms with Gasteiger partial charge in [0.05, 0.1) is 0 Å². The van der Waals surface area contributed by atoms with Gasteiger partial charge in [0.1, 0.15) is 0 Å². The van der Waals surface area contributed by atoms with Crippen molar-refractivity contribution in [1.29, 1.82) is 0 Å². The summed E-state index contributed by atoms with van der Waals surface area (Å²) in [5.74, 6) is 0. The first-order valence-corrected chi connectivity index (χ1v) is 2.54. The molecule has 0 aromatic heterocycles. The van der Waals surface area contributed by atoms with Crippen molar-refractivity contribution in [2.24, 2.45) is 0 Å². The monoisotopic (exact) mass is 297 g/mol. The van der Waals surface area contributed by atoms with Gasteiger partial charge in [0.25, 0.3) is 0 Å². The van der Waals surface area contributed by atoms with E-state index in [0.717, 1.165) is 0 Å². The average Bonchev–Trinajstić information content (AvgIpc) is 0.722. The molecule has 0 N–H and O–H groups in total. The van der Waals surface area contributed by atoms with Crippen LogP contribution < -0.4 is 27.2 Å². The molecule has 0 bridgehead atoms. The van der Waals surface area contributed by atoms with Crippen molar-refractivity contribution in [3.05, 3.63) is 0 Å². The Hall–Kier alpha value is 2.14. The van der Waals surface area contributed by atoms with E-state index in [9.17, 15) is 0 Å². The molecular formula is LiMn2Ni2O4+5. The molecule has 0 aromatic rings. The number of hydrogen-bond acceptors (Lipinski definition) is 4. The first-order valence-electron chi connectivity index (χ1n) is 0.617. The molecule has 0 fully saturated rings. The molecule has 0 rings (SSSR count). The van der Waals surface area contributed by atoms with Gasteiger partial charge in [0.15, 0.2) is 0 Å². The van der Waals surface area contributed by atoms with E-state index in [0.29, 0.717) is 0 Å². The van der Waals surface area contributed by atoms with E-state index in [1.165, 1.54) is 0 Å². The molecule has 0 saturated heterocycles. The van der Waals surface area contributed by atoms with Crippen LogP contribution in [0.2, 0.25) is 0 Å². The van der Waals surface area contributed by atoms with Crippen molar-refractivity contribution in [3.8, 4) is 0 Å². The van der Waals surface area contributed by atoms with Gasteiger partial charge in [-0.15, -0.1) is 0 Å². The molecule has 0 aromatic carbocycles. The predicted molar refractivity (Wildman–Crippen MR) is 1.37 cm³/mol. The van der Waals surface area contributed by atoms with Crippen LogP contribution in [0.25, 0.3) is 0 Å². The normalized spacial score (nSPS) is 6.44. The summed E-state index contributed by atoms with van der Waals surface area (Å²) in [5, 5.41) is 0. The molecule has 1 radical (unpaired) electrons. The van der Waals surface area contributed by atoms with Crippen LogP contribution in [0.15, 0.2) is 0 Å². The summed E-state index contributed by atoms with van der Waals surface area (Å²) >= 11 is -5.62. The van der Waals surface area contributed by atoms with Crippen LogP contribution in [-0.2, 0) is 71.1 Å². The second-order valence-corrected chi connectivity index (χ2v) is 1.56. The van der Waals surface area contributed by atoms with E-state index < -0.39 is 13.4 Å². The third-order valence-electron chi connectivity index (χ3n) is 0. The summed E-state index contributed by atoms with van der Waals surface area (Å²) in [6.07, 6.45) is 0. The molecule has 54 valence electrons. The van der Waals surface area contributed by atoms with Crippen LogP contribution in [0.4, 0.5) is 0 Å². The van der Waals surface area contributed by atoms with Gasteiger partial charge in [-0.05, 0) is 0 Å². The van der Waals surface area contributed by atoms with Gasteiger partial charge >= 0.3 is 98.3 Å². The average molecular weight is 298 g/mol. The van der Waals surface area contributed by atoms with E-state index in [2.05, 4.69) is 0 Å². The zero-order valence-electron chi connectivity index (χ0n) is 4.02. The number of rotatable bonds is 0. The minimum atomic E-state index is -5.62. The second-order valence-electron chi connectivity index (χ2n) is 0.378. The van der Waals surface area contributed by atoms with Gasteiger partial charge in [-0.3, -0.25) is 0 Å². The Labute approximate surface area is 97.3 Å². The van der Waals surface area contributed by atoms with Crippen molar-refractivity contribution < 1.29 is 98.3 Å². The van der Waals surface area contributed by atoms with Crippen LogP contribution in [0.5, 0.6) is 0 Å². The van der Waals surface area contributed by atoms with Crippen molar-refractivity contribution in [3.63, 3.8) is 0 Å². The molecule has 0 heterocycles. The third-order valence-corrected chi connectivity index (χ3v) is 0. The fraction of sp³-hybridized carbons (Fsp3) is 0. The molecule has 0 unspecified atom stereocenters. The molecule has 0 aliphatic heterocycles. The van der Waals surface area contributed by atoms with Crippen LogP contribution in [0.3, 0.4) is 0 Å². The van der Waals surface area contributed by atoms with Crippen LogP contribution in [-0.4, -0.2) is 0 Å². The Morgan fingerprint density at radius 2 is 1.00 bits per heavy atom. The maximum absolute atomic E-state index is 8.58. The third kappa shape index (κ3) is 146. The fourth-order valence-electron chi connectivity index (χ4n) is 0. The van der Waals surface area contributed by atoms with E-state index in [1.807, 2.05) is 0 Å². The zero-order chi connectivity index (χ0) is 4.50. The van der Waals surface area contributed by atoms with Crippen molar-refractivity contribution >= 4 is 0 Å². The quantitative estimate of drug-likeness (QED) is 0.418. The molecule has 9 heteroatoms. The minimum absolute atomic E-state index is 0. The SMILES string of the molecule is [Li+].[Mn+2].[Ni+2].[Ni+2].[O]=[Mn](=[O])([O-])[O-]. The van der Waals surface area contributed by atoms with Gasteiger partial charge in [0.2, 0.25) is 0 Å². The second kappa shape index (κ2) is 12.8. The first kappa shape index (κ1) is 30.4. The van der Waals surface area contributed by atoms with E-state index >= 15 is 0 Å². The van der Waals surface area contributed by atoms with E-state index in [4.69, 9.17) is 16.0 Å². The van der Waals surface area contributed by atoms with Gasteiger partial charge in [-0.1, -0.05) is 0 Å². The molecule has 0 saturated carbocycles. The van der Waals surface area contributed by atoms with Crippen LogP contribution in [0, 0.1) is 0 Å². The number of hydrogen-bond donors (Lipinski definition) is 0. The summed E-state index contributed by atoms with van der Waals surface area (Å²) in [6.45, 7) is 0. The summed E-state index contributed by atoms with van der Waals surface area (Å²) in [7, 11) is 0. The molecule has 4 nitrogen and oxygen atoms in total. The maximum atomic E-state index is 8.58. The molecule has 0 amide bonds. The molecular weight excluding hydrogens is 298 g/mol. The van der Waals surface area contributed by atoms with E-state index in [-0.39, 0.29) is 68.9 Å². The van der Waals surface area contributed by atoms with Gasteiger partial charge in [0, 0.05) is 0 Å². The summed E-state index contributed by atoms with van der Waals surface area (Å²) in [6, 6.07) is 0. The Morgan fingerprint density at radius 3 is 1.00 bits per heavy atom. The summed E-state index contributed by atoms with van der Waals surface area (Å²) < 4.78 is 34.3. The van der Waals surface area contributed by atoms with Gasteiger partial charge < -0.3 is 0 Å². The predicted octanol–water partition coefficient (Wildman–Crippen LogP) is -5.62. The van der Waals surface area contributed by atoms with Crippen LogP contribution in [0.1, 0.15) is 0 Å². The van der Waals surface area contributed by atoms with Gasteiger partial charge in [-0.2, -0.15) is 0 Å². The Morgan fingerprint density at radius 1 is 1.00 bits per heavy atom.